The summed E-state index contributed by atoms with van der Waals surface area (Å²) in [5, 5.41) is 8.79. The van der Waals surface area contributed by atoms with Crippen LogP contribution in [0.1, 0.15) is 11.1 Å². The molecule has 1 unspecified atom stereocenters. The molecule has 3 rings (SSSR count). The molecule has 2 amide bonds. The van der Waals surface area contributed by atoms with E-state index >= 15 is 0 Å². The van der Waals surface area contributed by atoms with Crippen LogP contribution in [0, 0.1) is 0 Å². The second-order valence-corrected chi connectivity index (χ2v) is 8.01. The summed E-state index contributed by atoms with van der Waals surface area (Å²) in [6.07, 6.45) is 0.804. The van der Waals surface area contributed by atoms with Gasteiger partial charge in [-0.1, -0.05) is 48.5 Å². The molecule has 0 saturated heterocycles. The standard InChI is InChI=1S/C23H27N3O3S/c1-29-12-11-25-23(28)20(13-16-7-3-2-4-8-16)26-22(27)19(24)14-17-15-30-21-10-6-5-9-18(17)21/h2-10,15,19-20H,11-14,24H2,1H3,(H,25,28)(H,26,27)/t19-,20?/m0/s1. The maximum absolute atomic E-state index is 12.8. The molecule has 2 aromatic carbocycles. The van der Waals surface area contributed by atoms with E-state index in [0.717, 1.165) is 16.5 Å². The maximum atomic E-state index is 12.8. The van der Waals surface area contributed by atoms with Crippen molar-refractivity contribution in [2.45, 2.75) is 24.9 Å². The molecule has 6 nitrogen and oxygen atoms in total. The van der Waals surface area contributed by atoms with Crippen LogP contribution in [0.2, 0.25) is 0 Å². The number of carbonyl (C=O) groups is 2. The highest BCUT2D eigenvalue weighted by Gasteiger charge is 2.24. The van der Waals surface area contributed by atoms with Gasteiger partial charge in [0.05, 0.1) is 12.6 Å². The van der Waals surface area contributed by atoms with Gasteiger partial charge in [0.2, 0.25) is 11.8 Å². The number of benzene rings is 2. The topological polar surface area (TPSA) is 93.5 Å². The fourth-order valence-electron chi connectivity index (χ4n) is 3.26. The highest BCUT2D eigenvalue weighted by molar-refractivity contribution is 7.17. The predicted octanol–water partition coefficient (Wildman–Crippen LogP) is 2.26. The summed E-state index contributed by atoms with van der Waals surface area (Å²) < 4.78 is 6.15. The third-order valence-electron chi connectivity index (χ3n) is 4.86. The Balaban J connectivity index is 1.66. The molecule has 0 fully saturated rings. The molecule has 3 aromatic rings. The summed E-state index contributed by atoms with van der Waals surface area (Å²) in [5.74, 6) is -0.592. The van der Waals surface area contributed by atoms with Gasteiger partial charge >= 0.3 is 0 Å². The Morgan fingerprint density at radius 3 is 2.53 bits per heavy atom. The van der Waals surface area contributed by atoms with Gasteiger partial charge in [-0.25, -0.2) is 0 Å². The highest BCUT2D eigenvalue weighted by atomic mass is 32.1. The van der Waals surface area contributed by atoms with Crippen molar-refractivity contribution in [3.63, 3.8) is 0 Å². The van der Waals surface area contributed by atoms with Gasteiger partial charge in [-0.2, -0.15) is 0 Å². The quantitative estimate of drug-likeness (QED) is 0.435. The lowest BCUT2D eigenvalue weighted by molar-refractivity contribution is -0.129. The SMILES string of the molecule is COCCNC(=O)C(Cc1ccccc1)NC(=O)[C@@H](N)Cc1csc2ccccc12. The minimum atomic E-state index is -0.743. The maximum Gasteiger partial charge on any atom is 0.243 e. The zero-order chi connectivity index (χ0) is 21.3. The Bertz CT molecular complexity index is 974. The Morgan fingerprint density at radius 1 is 1.03 bits per heavy atom. The first kappa shape index (κ1) is 22.0. The number of ether oxygens (including phenoxy) is 1. The van der Waals surface area contributed by atoms with Crippen LogP contribution in [-0.4, -0.2) is 44.2 Å². The van der Waals surface area contributed by atoms with E-state index in [1.165, 1.54) is 4.70 Å². The largest absolute Gasteiger partial charge is 0.383 e. The minimum absolute atomic E-state index is 0.252. The van der Waals surface area contributed by atoms with Crippen molar-refractivity contribution < 1.29 is 14.3 Å². The molecule has 0 aliphatic rings. The third kappa shape index (κ3) is 5.89. The summed E-state index contributed by atoms with van der Waals surface area (Å²) in [5.41, 5.74) is 8.21. The smallest absolute Gasteiger partial charge is 0.243 e. The van der Waals surface area contributed by atoms with E-state index in [1.807, 2.05) is 53.9 Å². The molecule has 0 saturated carbocycles. The van der Waals surface area contributed by atoms with Gasteiger partial charge < -0.3 is 21.1 Å². The van der Waals surface area contributed by atoms with Crippen molar-refractivity contribution in [3.8, 4) is 0 Å². The fraction of sp³-hybridized carbons (Fsp3) is 0.304. The Morgan fingerprint density at radius 2 is 1.77 bits per heavy atom. The predicted molar refractivity (Wildman–Crippen MR) is 120 cm³/mol. The Kier molecular flexibility index (Phi) is 7.96. The number of methoxy groups -OCH3 is 1. The first-order chi connectivity index (χ1) is 14.6. The molecular formula is C23H27N3O3S. The van der Waals surface area contributed by atoms with Crippen LogP contribution in [0.5, 0.6) is 0 Å². The van der Waals surface area contributed by atoms with Crippen LogP contribution >= 0.6 is 11.3 Å². The molecule has 4 N–H and O–H groups in total. The monoisotopic (exact) mass is 425 g/mol. The van der Waals surface area contributed by atoms with Gasteiger partial charge in [0.15, 0.2) is 0 Å². The van der Waals surface area contributed by atoms with Crippen molar-refractivity contribution in [1.29, 1.82) is 0 Å². The molecule has 30 heavy (non-hydrogen) atoms. The first-order valence-electron chi connectivity index (χ1n) is 9.90. The van der Waals surface area contributed by atoms with Gasteiger partial charge in [0, 0.05) is 24.8 Å². The lowest BCUT2D eigenvalue weighted by Crippen LogP contribution is -2.53. The lowest BCUT2D eigenvalue weighted by atomic mass is 10.0. The van der Waals surface area contributed by atoms with Crippen LogP contribution in [0.3, 0.4) is 0 Å². The van der Waals surface area contributed by atoms with E-state index in [2.05, 4.69) is 16.7 Å². The van der Waals surface area contributed by atoms with E-state index in [9.17, 15) is 9.59 Å². The summed E-state index contributed by atoms with van der Waals surface area (Å²) in [6, 6.07) is 16.2. The molecule has 0 aliphatic carbocycles. The van der Waals surface area contributed by atoms with E-state index < -0.39 is 12.1 Å². The molecule has 2 atom stereocenters. The van der Waals surface area contributed by atoms with Crippen molar-refractivity contribution in [2.24, 2.45) is 5.73 Å². The van der Waals surface area contributed by atoms with Gasteiger partial charge in [-0.15, -0.1) is 11.3 Å². The third-order valence-corrected chi connectivity index (χ3v) is 5.87. The van der Waals surface area contributed by atoms with E-state index in [4.69, 9.17) is 10.5 Å². The van der Waals surface area contributed by atoms with Crippen molar-refractivity contribution >= 4 is 33.2 Å². The number of nitrogens with one attached hydrogen (secondary N) is 2. The molecule has 1 aromatic heterocycles. The highest BCUT2D eigenvalue weighted by Crippen LogP contribution is 2.26. The van der Waals surface area contributed by atoms with E-state index in [1.54, 1.807) is 18.4 Å². The number of rotatable bonds is 10. The molecular weight excluding hydrogens is 398 g/mol. The van der Waals surface area contributed by atoms with Crippen LogP contribution < -0.4 is 16.4 Å². The first-order valence-corrected chi connectivity index (χ1v) is 10.8. The molecule has 7 heteroatoms. The molecule has 0 aliphatic heterocycles. The number of amides is 2. The number of fused-ring (bicyclic) bond motifs is 1. The van der Waals surface area contributed by atoms with Gasteiger partial charge in [0.25, 0.3) is 0 Å². The van der Waals surface area contributed by atoms with Crippen LogP contribution in [0.4, 0.5) is 0 Å². The zero-order valence-corrected chi connectivity index (χ0v) is 17.8. The Labute approximate surface area is 180 Å². The summed E-state index contributed by atoms with van der Waals surface area (Å²) in [6.45, 7) is 0.784. The van der Waals surface area contributed by atoms with Crippen molar-refractivity contribution in [2.75, 3.05) is 20.3 Å². The van der Waals surface area contributed by atoms with Crippen LogP contribution in [0.15, 0.2) is 60.0 Å². The minimum Gasteiger partial charge on any atom is -0.383 e. The van der Waals surface area contributed by atoms with E-state index in [0.29, 0.717) is 26.0 Å². The number of carbonyl (C=O) groups excluding carboxylic acids is 2. The van der Waals surface area contributed by atoms with Gasteiger partial charge in [0.1, 0.15) is 6.04 Å². The van der Waals surface area contributed by atoms with Crippen LogP contribution in [-0.2, 0) is 27.2 Å². The summed E-state index contributed by atoms with van der Waals surface area (Å²) in [7, 11) is 1.57. The molecule has 0 spiro atoms. The van der Waals surface area contributed by atoms with Crippen molar-refractivity contribution in [3.05, 3.63) is 71.1 Å². The van der Waals surface area contributed by atoms with Gasteiger partial charge in [-0.3, -0.25) is 9.59 Å². The summed E-state index contributed by atoms with van der Waals surface area (Å²) in [4.78, 5) is 25.5. The normalized spacial score (nSPS) is 13.0. The molecule has 0 radical (unpaired) electrons. The number of thiophene rings is 1. The van der Waals surface area contributed by atoms with Crippen LogP contribution in [0.25, 0.3) is 10.1 Å². The number of hydrogen-bond donors (Lipinski definition) is 3. The molecule has 1 heterocycles. The Hall–Kier alpha value is -2.74. The average molecular weight is 426 g/mol. The second kappa shape index (κ2) is 10.9. The van der Waals surface area contributed by atoms with Crippen molar-refractivity contribution in [1.82, 2.24) is 10.6 Å². The lowest BCUT2D eigenvalue weighted by Gasteiger charge is -2.21. The second-order valence-electron chi connectivity index (χ2n) is 7.10. The number of hydrogen-bond acceptors (Lipinski definition) is 5. The van der Waals surface area contributed by atoms with Gasteiger partial charge in [-0.05, 0) is 34.4 Å². The fourth-order valence-corrected chi connectivity index (χ4v) is 4.23. The summed E-state index contributed by atoms with van der Waals surface area (Å²) >= 11 is 1.64. The average Bonchev–Trinajstić information content (AvgIpc) is 3.17. The van der Waals surface area contributed by atoms with E-state index in [-0.39, 0.29) is 11.8 Å². The zero-order valence-electron chi connectivity index (χ0n) is 17.0. The molecule has 158 valence electrons. The molecule has 0 bridgehead atoms. The number of nitrogens with two attached hydrogens (primary N) is 1.